The molecule has 2 aliphatic rings. The normalized spacial score (nSPS) is 27.5. The molecule has 5 nitrogen and oxygen atoms in total. The van der Waals surface area contributed by atoms with Crippen LogP contribution >= 0.6 is 35.3 Å². The van der Waals surface area contributed by atoms with Crippen LogP contribution in [0, 0.1) is 0 Å². The molecule has 24 heavy (non-hydrogen) atoms. The molecule has 136 valence electrons. The van der Waals surface area contributed by atoms with Gasteiger partial charge in [-0.3, -0.25) is 4.99 Å². The van der Waals surface area contributed by atoms with E-state index in [4.69, 9.17) is 0 Å². The molecule has 2 N–H and O–H groups in total. The molecule has 0 aromatic carbocycles. The lowest BCUT2D eigenvalue weighted by molar-refractivity contribution is 0.0526. The third-order valence-electron chi connectivity index (χ3n) is 5.26. The number of hydrogen-bond donors (Lipinski definition) is 2. The summed E-state index contributed by atoms with van der Waals surface area (Å²) in [5.41, 5.74) is 0. The number of aromatic nitrogens is 1. The molecule has 0 radical (unpaired) electrons. The number of rotatable bonds is 4. The van der Waals surface area contributed by atoms with E-state index in [0.717, 1.165) is 36.0 Å². The van der Waals surface area contributed by atoms with Crippen molar-refractivity contribution in [2.45, 2.75) is 70.1 Å². The number of thiazole rings is 1. The van der Waals surface area contributed by atoms with Gasteiger partial charge >= 0.3 is 0 Å². The maximum Gasteiger partial charge on any atom is 0.191 e. The van der Waals surface area contributed by atoms with Crippen LogP contribution < -0.4 is 10.6 Å². The van der Waals surface area contributed by atoms with E-state index in [1.165, 1.54) is 37.0 Å². The van der Waals surface area contributed by atoms with Gasteiger partial charge in [0.2, 0.25) is 0 Å². The molecule has 0 amide bonds. The molecule has 2 aliphatic heterocycles. The van der Waals surface area contributed by atoms with E-state index < -0.39 is 0 Å². The molecule has 2 unspecified atom stereocenters. The lowest BCUT2D eigenvalue weighted by atomic mass is 9.82. The van der Waals surface area contributed by atoms with E-state index in [0.29, 0.717) is 6.04 Å². The summed E-state index contributed by atoms with van der Waals surface area (Å²) < 4.78 is 0. The molecule has 0 aliphatic carbocycles. The highest BCUT2D eigenvalue weighted by molar-refractivity contribution is 14.0. The van der Waals surface area contributed by atoms with Gasteiger partial charge in [-0.2, -0.15) is 0 Å². The van der Waals surface area contributed by atoms with Gasteiger partial charge in [-0.1, -0.05) is 13.3 Å². The second-order valence-electron chi connectivity index (χ2n) is 6.72. The number of fused-ring (bicyclic) bond motifs is 2. The van der Waals surface area contributed by atoms with Crippen molar-refractivity contribution in [3.63, 3.8) is 0 Å². The van der Waals surface area contributed by atoms with Crippen molar-refractivity contribution < 1.29 is 0 Å². The Labute approximate surface area is 166 Å². The molecule has 7 heteroatoms. The molecule has 2 fully saturated rings. The lowest BCUT2D eigenvalue weighted by Crippen LogP contribution is -2.56. The minimum atomic E-state index is 0. The number of aryl methyl sites for hydroxylation is 1. The van der Waals surface area contributed by atoms with Gasteiger partial charge in [-0.25, -0.2) is 4.98 Å². The van der Waals surface area contributed by atoms with Gasteiger partial charge in [0.1, 0.15) is 5.01 Å². The van der Waals surface area contributed by atoms with Gasteiger partial charge in [0.15, 0.2) is 5.96 Å². The third-order valence-corrected chi connectivity index (χ3v) is 6.40. The fourth-order valence-electron chi connectivity index (χ4n) is 3.87. The Kier molecular flexibility index (Phi) is 7.74. The molecule has 2 atom stereocenters. The maximum atomic E-state index is 4.46. The summed E-state index contributed by atoms with van der Waals surface area (Å²) in [7, 11) is 4.15. The van der Waals surface area contributed by atoms with Crippen LogP contribution in [0.5, 0.6) is 0 Å². The van der Waals surface area contributed by atoms with Crippen molar-refractivity contribution in [3.05, 3.63) is 16.1 Å². The molecule has 0 saturated carbocycles. The zero-order valence-electron chi connectivity index (χ0n) is 14.9. The van der Waals surface area contributed by atoms with Crippen molar-refractivity contribution in [3.8, 4) is 0 Å². The molecule has 0 spiro atoms. The first-order chi connectivity index (χ1) is 11.2. The van der Waals surface area contributed by atoms with E-state index in [2.05, 4.69) is 39.5 Å². The van der Waals surface area contributed by atoms with Gasteiger partial charge in [0, 0.05) is 36.2 Å². The van der Waals surface area contributed by atoms with Gasteiger partial charge in [-0.05, 0) is 39.2 Å². The van der Waals surface area contributed by atoms with Gasteiger partial charge < -0.3 is 15.5 Å². The topological polar surface area (TPSA) is 52.6 Å². The summed E-state index contributed by atoms with van der Waals surface area (Å²) in [4.78, 5) is 12.8. The molecule has 3 heterocycles. The fraction of sp³-hybridized carbons (Fsp3) is 0.765. The summed E-state index contributed by atoms with van der Waals surface area (Å²) >= 11 is 1.78. The first kappa shape index (κ1) is 19.9. The SMILES string of the molecule is CCc1cnc(CNC(=NC)NC2CC3CCCC(C2)N3C)s1.I. The van der Waals surface area contributed by atoms with Crippen LogP contribution in [0.4, 0.5) is 0 Å². The Morgan fingerprint density at radius 3 is 2.67 bits per heavy atom. The Balaban J connectivity index is 0.00000208. The minimum absolute atomic E-state index is 0. The Bertz CT molecular complexity index is 533. The number of halogens is 1. The maximum absolute atomic E-state index is 4.46. The molecular formula is C17H30IN5S. The number of nitrogens with zero attached hydrogens (tertiary/aromatic N) is 3. The summed E-state index contributed by atoms with van der Waals surface area (Å²) in [6.07, 6.45) is 9.57. The van der Waals surface area contributed by atoms with Crippen molar-refractivity contribution in [1.29, 1.82) is 0 Å². The number of nitrogens with one attached hydrogen (secondary N) is 2. The largest absolute Gasteiger partial charge is 0.354 e. The van der Waals surface area contributed by atoms with Crippen LogP contribution in [-0.4, -0.2) is 48.1 Å². The van der Waals surface area contributed by atoms with Crippen LogP contribution in [0.25, 0.3) is 0 Å². The number of hydrogen-bond acceptors (Lipinski definition) is 4. The molecule has 1 aromatic heterocycles. The monoisotopic (exact) mass is 463 g/mol. The Morgan fingerprint density at radius 2 is 2.08 bits per heavy atom. The van der Waals surface area contributed by atoms with Crippen LogP contribution in [0.1, 0.15) is 48.9 Å². The quantitative estimate of drug-likeness (QED) is 0.410. The molecule has 1 aromatic rings. The summed E-state index contributed by atoms with van der Waals surface area (Å²) in [5.74, 6) is 0.908. The molecule has 2 bridgehead atoms. The van der Waals surface area contributed by atoms with Crippen molar-refractivity contribution in [2.75, 3.05) is 14.1 Å². The number of piperidine rings is 2. The van der Waals surface area contributed by atoms with Crippen molar-refractivity contribution in [2.24, 2.45) is 4.99 Å². The first-order valence-corrected chi connectivity index (χ1v) is 9.64. The first-order valence-electron chi connectivity index (χ1n) is 8.82. The fourth-order valence-corrected chi connectivity index (χ4v) is 4.68. The van der Waals surface area contributed by atoms with E-state index in [-0.39, 0.29) is 24.0 Å². The van der Waals surface area contributed by atoms with Gasteiger partial charge in [0.05, 0.1) is 6.54 Å². The van der Waals surface area contributed by atoms with Gasteiger partial charge in [-0.15, -0.1) is 35.3 Å². The lowest BCUT2D eigenvalue weighted by Gasteiger charge is -2.47. The highest BCUT2D eigenvalue weighted by atomic mass is 127. The van der Waals surface area contributed by atoms with Gasteiger partial charge in [0.25, 0.3) is 0 Å². The summed E-state index contributed by atoms with van der Waals surface area (Å²) in [5, 5.41) is 8.19. The predicted octanol–water partition coefficient (Wildman–Crippen LogP) is 3.00. The highest BCUT2D eigenvalue weighted by Crippen LogP contribution is 2.32. The van der Waals surface area contributed by atoms with Crippen molar-refractivity contribution >= 4 is 41.3 Å². The Morgan fingerprint density at radius 1 is 1.38 bits per heavy atom. The van der Waals surface area contributed by atoms with Crippen molar-refractivity contribution in [1.82, 2.24) is 20.5 Å². The average molecular weight is 463 g/mol. The minimum Gasteiger partial charge on any atom is -0.354 e. The molecule has 3 rings (SSSR count). The average Bonchev–Trinajstić information content (AvgIpc) is 3.00. The highest BCUT2D eigenvalue weighted by Gasteiger charge is 2.36. The van der Waals surface area contributed by atoms with E-state index in [1.54, 1.807) is 11.3 Å². The predicted molar refractivity (Wildman–Crippen MR) is 112 cm³/mol. The Hall–Kier alpha value is -0.410. The zero-order chi connectivity index (χ0) is 16.2. The van der Waals surface area contributed by atoms with Crippen LogP contribution in [-0.2, 0) is 13.0 Å². The smallest absolute Gasteiger partial charge is 0.191 e. The van der Waals surface area contributed by atoms with Crippen LogP contribution in [0.3, 0.4) is 0 Å². The second kappa shape index (κ2) is 9.33. The van der Waals surface area contributed by atoms with Crippen LogP contribution in [0.15, 0.2) is 11.2 Å². The summed E-state index contributed by atoms with van der Waals surface area (Å²) in [6, 6.07) is 2.02. The second-order valence-corrected chi connectivity index (χ2v) is 7.92. The number of guanidine groups is 1. The zero-order valence-corrected chi connectivity index (χ0v) is 18.1. The standard InChI is InChI=1S/C17H29N5S.HI/c1-4-15-10-19-16(23-15)11-20-17(18-2)21-12-8-13-6-5-7-14(9-12)22(13)3;/h10,12-14H,4-9,11H2,1-3H3,(H2,18,20,21);1H. The molecule has 2 saturated heterocycles. The summed E-state index contributed by atoms with van der Waals surface area (Å²) in [6.45, 7) is 2.92. The third kappa shape index (κ3) is 4.82. The number of aliphatic imine (C=N–C) groups is 1. The molecular weight excluding hydrogens is 433 g/mol. The van der Waals surface area contributed by atoms with E-state index in [1.807, 2.05) is 13.2 Å². The van der Waals surface area contributed by atoms with E-state index >= 15 is 0 Å². The van der Waals surface area contributed by atoms with E-state index in [9.17, 15) is 0 Å². The van der Waals surface area contributed by atoms with Crippen LogP contribution in [0.2, 0.25) is 0 Å².